The van der Waals surface area contributed by atoms with Gasteiger partial charge in [0.05, 0.1) is 0 Å². The third-order valence-corrected chi connectivity index (χ3v) is 4.44. The first-order valence-corrected chi connectivity index (χ1v) is 7.45. The number of nitrogens with one attached hydrogen (secondary N) is 1. The highest BCUT2D eigenvalue weighted by Gasteiger charge is 2.24. The number of hydrogen-bond donors (Lipinski definition) is 1. The van der Waals surface area contributed by atoms with E-state index in [1.54, 1.807) is 5.56 Å². The van der Waals surface area contributed by atoms with Crippen LogP contribution < -0.4 is 10.2 Å². The lowest BCUT2D eigenvalue weighted by molar-refractivity contribution is 0.529. The molecular weight excluding hydrogens is 220 g/mol. The van der Waals surface area contributed by atoms with Crippen molar-refractivity contribution in [1.82, 2.24) is 5.32 Å². The summed E-state index contributed by atoms with van der Waals surface area (Å²) in [7, 11) is 0. The first kappa shape index (κ1) is 12.0. The van der Waals surface area contributed by atoms with Gasteiger partial charge < -0.3 is 10.2 Å². The second-order valence-electron chi connectivity index (χ2n) is 5.73. The maximum atomic E-state index is 3.47. The summed E-state index contributed by atoms with van der Waals surface area (Å²) in [5, 5.41) is 3.47. The zero-order chi connectivity index (χ0) is 12.4. The Morgan fingerprint density at radius 1 is 1.39 bits per heavy atom. The molecule has 98 valence electrons. The van der Waals surface area contributed by atoms with Crippen molar-refractivity contribution in [2.45, 2.75) is 39.2 Å². The van der Waals surface area contributed by atoms with E-state index in [1.165, 1.54) is 50.0 Å². The van der Waals surface area contributed by atoms with Crippen LogP contribution in [0.2, 0.25) is 0 Å². The molecule has 2 aliphatic heterocycles. The quantitative estimate of drug-likeness (QED) is 0.879. The molecule has 2 nitrogen and oxygen atoms in total. The predicted molar refractivity (Wildman–Crippen MR) is 77.1 cm³/mol. The zero-order valence-electron chi connectivity index (χ0n) is 11.4. The number of anilines is 1. The van der Waals surface area contributed by atoms with Crippen LogP contribution in [0, 0.1) is 5.92 Å². The molecule has 1 aromatic carbocycles. The standard InChI is InChI=1S/C16H24N2/c1-2-4-13-8-10-18(12-13)16-6-3-5-14-11-17-9-7-15(14)16/h3,5-6,13,17H,2,4,7-12H2,1H3. The van der Waals surface area contributed by atoms with Crippen LogP contribution in [0.25, 0.3) is 0 Å². The van der Waals surface area contributed by atoms with E-state index < -0.39 is 0 Å². The third kappa shape index (κ3) is 2.26. The fourth-order valence-corrected chi connectivity index (χ4v) is 3.50. The summed E-state index contributed by atoms with van der Waals surface area (Å²) < 4.78 is 0. The van der Waals surface area contributed by atoms with Gasteiger partial charge in [0.1, 0.15) is 0 Å². The van der Waals surface area contributed by atoms with Gasteiger partial charge in [0.25, 0.3) is 0 Å². The molecule has 0 radical (unpaired) electrons. The molecule has 1 unspecified atom stereocenters. The van der Waals surface area contributed by atoms with E-state index in [0.29, 0.717) is 0 Å². The zero-order valence-corrected chi connectivity index (χ0v) is 11.4. The van der Waals surface area contributed by atoms with Crippen molar-refractivity contribution < 1.29 is 0 Å². The Balaban J connectivity index is 1.80. The van der Waals surface area contributed by atoms with E-state index >= 15 is 0 Å². The van der Waals surface area contributed by atoms with Gasteiger partial charge in [-0.2, -0.15) is 0 Å². The maximum absolute atomic E-state index is 3.47. The predicted octanol–water partition coefficient (Wildman–Crippen LogP) is 2.96. The van der Waals surface area contributed by atoms with Gasteiger partial charge in [0.2, 0.25) is 0 Å². The molecule has 0 bridgehead atoms. The molecule has 0 spiro atoms. The second-order valence-corrected chi connectivity index (χ2v) is 5.73. The SMILES string of the molecule is CCCC1CCN(c2cccc3c2CCNC3)C1. The summed E-state index contributed by atoms with van der Waals surface area (Å²) in [5.41, 5.74) is 4.64. The molecular formula is C16H24N2. The highest BCUT2D eigenvalue weighted by Crippen LogP contribution is 2.31. The molecule has 2 aliphatic rings. The van der Waals surface area contributed by atoms with E-state index in [9.17, 15) is 0 Å². The summed E-state index contributed by atoms with van der Waals surface area (Å²) in [6.45, 7) is 7.02. The van der Waals surface area contributed by atoms with Crippen molar-refractivity contribution in [2.75, 3.05) is 24.5 Å². The van der Waals surface area contributed by atoms with Crippen molar-refractivity contribution >= 4 is 5.69 Å². The maximum Gasteiger partial charge on any atom is 0.0402 e. The monoisotopic (exact) mass is 244 g/mol. The van der Waals surface area contributed by atoms with Crippen molar-refractivity contribution in [3.05, 3.63) is 29.3 Å². The van der Waals surface area contributed by atoms with Crippen LogP contribution in [-0.4, -0.2) is 19.6 Å². The summed E-state index contributed by atoms with van der Waals surface area (Å²) in [4.78, 5) is 2.63. The van der Waals surface area contributed by atoms with Gasteiger partial charge in [0.15, 0.2) is 0 Å². The van der Waals surface area contributed by atoms with Gasteiger partial charge in [-0.25, -0.2) is 0 Å². The average molecular weight is 244 g/mol. The first-order chi connectivity index (χ1) is 8.88. The molecule has 2 heteroatoms. The number of rotatable bonds is 3. The van der Waals surface area contributed by atoms with Crippen LogP contribution in [0.15, 0.2) is 18.2 Å². The molecule has 0 aromatic heterocycles. The highest BCUT2D eigenvalue weighted by atomic mass is 15.2. The Hall–Kier alpha value is -1.02. The summed E-state index contributed by atoms with van der Waals surface area (Å²) in [6.07, 6.45) is 5.30. The number of fused-ring (bicyclic) bond motifs is 1. The minimum absolute atomic E-state index is 0.924. The summed E-state index contributed by atoms with van der Waals surface area (Å²) >= 11 is 0. The minimum atomic E-state index is 0.924. The van der Waals surface area contributed by atoms with Crippen molar-refractivity contribution in [3.63, 3.8) is 0 Å². The summed E-state index contributed by atoms with van der Waals surface area (Å²) in [5.74, 6) is 0.924. The van der Waals surface area contributed by atoms with Crippen LogP contribution in [0.5, 0.6) is 0 Å². The Bertz CT molecular complexity index is 414. The number of nitrogens with zero attached hydrogens (tertiary/aromatic N) is 1. The van der Waals surface area contributed by atoms with Crippen molar-refractivity contribution in [3.8, 4) is 0 Å². The average Bonchev–Trinajstić information content (AvgIpc) is 2.87. The normalized spacial score (nSPS) is 23.2. The van der Waals surface area contributed by atoms with Gasteiger partial charge in [-0.1, -0.05) is 25.5 Å². The molecule has 0 saturated carbocycles. The molecule has 0 aliphatic carbocycles. The molecule has 2 heterocycles. The van der Waals surface area contributed by atoms with E-state index in [4.69, 9.17) is 0 Å². The lowest BCUT2D eigenvalue weighted by Gasteiger charge is -2.27. The van der Waals surface area contributed by atoms with Crippen LogP contribution in [0.4, 0.5) is 5.69 Å². The molecule has 3 rings (SSSR count). The molecule has 1 N–H and O–H groups in total. The minimum Gasteiger partial charge on any atom is -0.371 e. The smallest absolute Gasteiger partial charge is 0.0402 e. The van der Waals surface area contributed by atoms with Gasteiger partial charge in [-0.3, -0.25) is 0 Å². The van der Waals surface area contributed by atoms with Gasteiger partial charge >= 0.3 is 0 Å². The van der Waals surface area contributed by atoms with Gasteiger partial charge in [-0.15, -0.1) is 0 Å². The van der Waals surface area contributed by atoms with E-state index in [-0.39, 0.29) is 0 Å². The third-order valence-electron chi connectivity index (χ3n) is 4.44. The molecule has 0 amide bonds. The van der Waals surface area contributed by atoms with Gasteiger partial charge in [0, 0.05) is 25.3 Å². The Kier molecular flexibility index (Phi) is 3.55. The van der Waals surface area contributed by atoms with Crippen molar-refractivity contribution in [2.24, 2.45) is 5.92 Å². The molecule has 1 fully saturated rings. The lowest BCUT2D eigenvalue weighted by Crippen LogP contribution is -2.27. The highest BCUT2D eigenvalue weighted by molar-refractivity contribution is 5.58. The van der Waals surface area contributed by atoms with E-state index in [0.717, 1.165) is 19.0 Å². The Morgan fingerprint density at radius 2 is 2.33 bits per heavy atom. The molecule has 1 atom stereocenters. The topological polar surface area (TPSA) is 15.3 Å². The number of hydrogen-bond acceptors (Lipinski definition) is 2. The van der Waals surface area contributed by atoms with Gasteiger partial charge in [-0.05, 0) is 48.9 Å². The largest absolute Gasteiger partial charge is 0.371 e. The number of benzene rings is 1. The second kappa shape index (κ2) is 5.31. The Morgan fingerprint density at radius 3 is 3.22 bits per heavy atom. The molecule has 1 saturated heterocycles. The Labute approximate surface area is 110 Å². The van der Waals surface area contributed by atoms with Crippen LogP contribution in [0.3, 0.4) is 0 Å². The van der Waals surface area contributed by atoms with Crippen LogP contribution in [0.1, 0.15) is 37.3 Å². The van der Waals surface area contributed by atoms with E-state index in [1.807, 2.05) is 0 Å². The first-order valence-electron chi connectivity index (χ1n) is 7.45. The molecule has 18 heavy (non-hydrogen) atoms. The van der Waals surface area contributed by atoms with Crippen LogP contribution in [-0.2, 0) is 13.0 Å². The fourth-order valence-electron chi connectivity index (χ4n) is 3.50. The van der Waals surface area contributed by atoms with E-state index in [2.05, 4.69) is 35.3 Å². The summed E-state index contributed by atoms with van der Waals surface area (Å²) in [6, 6.07) is 6.84. The lowest BCUT2D eigenvalue weighted by atomic mass is 9.98. The molecule has 1 aromatic rings. The fraction of sp³-hybridized carbons (Fsp3) is 0.625. The van der Waals surface area contributed by atoms with Crippen molar-refractivity contribution in [1.29, 1.82) is 0 Å². The van der Waals surface area contributed by atoms with Crippen LogP contribution >= 0.6 is 0 Å².